The van der Waals surface area contributed by atoms with Gasteiger partial charge in [0.05, 0.1) is 123 Å². The van der Waals surface area contributed by atoms with Crippen molar-refractivity contribution in [3.8, 4) is 52.4 Å². The number of nitrogens with one attached hydrogen (secondary N) is 3. The number of fused-ring (bicyclic) bond motifs is 2. The number of carbonyl (C=O) groups excluding carboxylic acids is 4. The maximum Gasteiger partial charge on any atom is 0.338 e. The van der Waals surface area contributed by atoms with Gasteiger partial charge in [-0.15, -0.1) is 0 Å². The molecule has 0 amide bonds. The summed E-state index contributed by atoms with van der Waals surface area (Å²) < 4.78 is 58.7. The number of ether oxygens (including phenoxy) is 8. The summed E-state index contributed by atoms with van der Waals surface area (Å²) in [4.78, 5) is 74.3. The van der Waals surface area contributed by atoms with Crippen molar-refractivity contribution in [2.75, 3.05) is 63.9 Å². The van der Waals surface area contributed by atoms with Crippen molar-refractivity contribution in [2.45, 2.75) is 113 Å². The number of imidazole rings is 2. The van der Waals surface area contributed by atoms with E-state index < -0.39 is 6.04 Å². The molecule has 5 aliphatic carbocycles. The maximum atomic E-state index is 11.4. The Balaban J connectivity index is 0.000000119. The van der Waals surface area contributed by atoms with Crippen LogP contribution in [0.3, 0.4) is 0 Å². The highest BCUT2D eigenvalue weighted by molar-refractivity contribution is 6.64. The predicted molar refractivity (Wildman–Crippen MR) is 494 cm³/mol. The molecular weight excluding hydrogens is 1760 g/mol. The number of H-pyrrole nitrogens is 2. The summed E-state index contributed by atoms with van der Waals surface area (Å²) >= 11 is 5.04. The fraction of sp³-hybridized carbons (Fsp3) is 0.283. The number of hydrogen-bond acceptors (Lipinski definition) is 32. The summed E-state index contributed by atoms with van der Waals surface area (Å²) in [6, 6.07) is 68.2. The Morgan fingerprint density at radius 1 is 0.463 bits per heavy atom. The zero-order valence-electron chi connectivity index (χ0n) is 73.3. The summed E-state index contributed by atoms with van der Waals surface area (Å²) in [6.07, 6.45) is 14.5. The third kappa shape index (κ3) is 27.6. The Morgan fingerprint density at radius 2 is 0.824 bits per heavy atom. The van der Waals surface area contributed by atoms with Crippen LogP contribution < -0.4 is 22.5 Å². The second-order valence-electron chi connectivity index (χ2n) is 32.0. The smallest absolute Gasteiger partial charge is 0.338 e. The molecule has 0 radical (unpaired) electrons. The van der Waals surface area contributed by atoms with E-state index in [1.54, 1.807) is 85.5 Å². The molecule has 9 aliphatic rings. The molecule has 9 heterocycles. The number of nitriles is 3. The fourth-order valence-corrected chi connectivity index (χ4v) is 13.5. The maximum absolute atomic E-state index is 11.4. The number of nitrogen functional groups attached to an aromatic ring is 1. The minimum absolute atomic E-state index is 0.00518. The molecule has 10 N–H and O–H groups in total. The fourth-order valence-electron chi connectivity index (χ4n) is 13.3. The van der Waals surface area contributed by atoms with Crippen LogP contribution in [0.2, 0.25) is 0 Å². The van der Waals surface area contributed by atoms with Gasteiger partial charge in [-0.1, -0.05) is 171 Å². The summed E-state index contributed by atoms with van der Waals surface area (Å²) in [5.41, 5.74) is 33.4. The lowest BCUT2D eigenvalue weighted by atomic mass is 10.0. The number of anilines is 2. The van der Waals surface area contributed by atoms with Gasteiger partial charge in [-0.05, 0) is 142 Å². The Hall–Kier alpha value is -15.4. The molecule has 694 valence electrons. The SMILES string of the molecule is N#CC(Nc1ccc2nc[nH]c2c1)c1ccc(-c2noc(C3CC3)n2)cc1.N#Cc1ccc(C2OCCO2)cc1.N#Cc1ccc(C=O)cc1.NC(=NO)c1ccc(C2OCCO2)cc1.NC(=NOC(=O)C1CC1)c1ccc(C2OCCO2)cc1.Nc1ccc2nc[nH]c2c1.O=C(Cl)C1CC1.O=Cc1ccc(-c2noc(C3CC3)n2)cc1.c1cc(C2OCCO2)ccc1-c1noc(C2CC2)n1. The second-order valence-corrected chi connectivity index (χ2v) is 32.4. The van der Waals surface area contributed by atoms with Crippen LogP contribution in [-0.2, 0) is 52.3 Å². The summed E-state index contributed by atoms with van der Waals surface area (Å²) in [7, 11) is 0. The van der Waals surface area contributed by atoms with E-state index in [1.807, 2.05) is 140 Å². The van der Waals surface area contributed by atoms with Crippen molar-refractivity contribution in [2.24, 2.45) is 33.6 Å². The van der Waals surface area contributed by atoms with Crippen molar-refractivity contribution >= 4 is 80.5 Å². The van der Waals surface area contributed by atoms with Gasteiger partial charge in [0.15, 0.2) is 36.8 Å². The third-order valence-corrected chi connectivity index (χ3v) is 22.0. The molecule has 5 aromatic heterocycles. The Bertz CT molecular complexity index is 6470. The number of nitrogens with zero attached hydrogens (tertiary/aromatic N) is 13. The first-order valence-corrected chi connectivity index (χ1v) is 44.3. The third-order valence-electron chi connectivity index (χ3n) is 21.7. The quantitative estimate of drug-likeness (QED) is 0.00544. The van der Waals surface area contributed by atoms with Gasteiger partial charge in [-0.2, -0.15) is 30.7 Å². The minimum Gasteiger partial charge on any atom is -0.409 e. The van der Waals surface area contributed by atoms with Gasteiger partial charge in [0.2, 0.25) is 40.4 Å². The van der Waals surface area contributed by atoms with Gasteiger partial charge in [-0.25, -0.2) is 14.8 Å². The van der Waals surface area contributed by atoms with E-state index in [9.17, 15) is 24.4 Å². The van der Waals surface area contributed by atoms with Gasteiger partial charge in [0, 0.05) is 96.2 Å². The minimum atomic E-state index is -0.466. The molecule has 14 aromatic rings. The van der Waals surface area contributed by atoms with Crippen molar-refractivity contribution < 1.29 is 80.7 Å². The molecule has 0 spiro atoms. The van der Waals surface area contributed by atoms with Crippen LogP contribution in [0.1, 0.15) is 202 Å². The number of rotatable bonds is 20. The topological polar surface area (TPSA) is 532 Å². The monoisotopic (exact) mass is 1860 g/mol. The number of oxime groups is 2. The van der Waals surface area contributed by atoms with Gasteiger partial charge < -0.3 is 94.0 Å². The van der Waals surface area contributed by atoms with Gasteiger partial charge in [-0.3, -0.25) is 14.4 Å². The second kappa shape index (κ2) is 47.3. The first-order chi connectivity index (χ1) is 66.5. The molecule has 4 saturated heterocycles. The number of nitrogens with two attached hydrogens (primary N) is 3. The van der Waals surface area contributed by atoms with Crippen molar-refractivity contribution in [1.82, 2.24) is 50.4 Å². The standard InChI is InChI=1S/C20H16N6O.C14H16N2O4.C14H14N2O3.C12H10N2O2.C10H12N2O3.C10H9NO2.C8H5NO.C7H7N3.C4H5ClO/c21-10-18(24-15-7-8-16-17(9-15)23-11-22-16)12-1-3-13(4-2-12)19-25-20(27-26-19)14-5-6-14;15-12(16-20-13(17)10-3-4-10)9-1-5-11(6-2-9)14-18-7-8-19-14;1-5-11(14-17-7-8-18-14)6-2-9(1)12-15-13(19-16-12)10-3-4-10;15-7-8-1-3-9(4-2-8)11-13-12(16-14-11)10-5-6-10;11-9(12-13)7-1-3-8(4-2-7)10-14-5-6-15-10;11-7-8-1-3-9(4-2-8)10-12-5-6-13-10;9-5-7-1-3-8(6-10)4-2-7;8-5-1-2-6-7(3-5)10-4-9-6;5-4(6)3-1-2-3/h1-4,7-9,11,14,18,24H,5-6H2,(H,22,23);1-2,5-6,10,14H,3-4,7-8H2,(H2,15,16);1-2,5-6,10,14H,3-4,7-8H2;1-4,7,10H,5-6H2;1-4,10,13H,5-6H2,(H2,11,12);1-4,10H,5-6H2;1-4,6H;1-4H,8H2,(H,9,10);3H,1-2H2. The molecule has 0 bridgehead atoms. The summed E-state index contributed by atoms with van der Waals surface area (Å²) in [5, 5.41) is 56.7. The number of aldehydes is 2. The van der Waals surface area contributed by atoms with Crippen molar-refractivity contribution in [3.05, 3.63) is 298 Å². The lowest BCUT2D eigenvalue weighted by Gasteiger charge is -2.13. The van der Waals surface area contributed by atoms with E-state index in [1.165, 1.54) is 0 Å². The molecule has 5 saturated carbocycles. The lowest BCUT2D eigenvalue weighted by molar-refractivity contribution is -0.145. The number of amidine groups is 2. The highest BCUT2D eigenvalue weighted by atomic mass is 35.5. The van der Waals surface area contributed by atoms with Crippen LogP contribution >= 0.6 is 11.6 Å². The number of aromatic nitrogens is 10. The molecule has 37 heteroatoms. The van der Waals surface area contributed by atoms with E-state index >= 15 is 0 Å². The highest BCUT2D eigenvalue weighted by Gasteiger charge is 2.34. The van der Waals surface area contributed by atoms with Crippen LogP contribution in [0.25, 0.3) is 56.2 Å². The van der Waals surface area contributed by atoms with Crippen LogP contribution in [0.15, 0.2) is 243 Å². The Kier molecular flexibility index (Phi) is 33.1. The van der Waals surface area contributed by atoms with Crippen LogP contribution in [0, 0.1) is 45.8 Å². The van der Waals surface area contributed by atoms with E-state index in [-0.39, 0.29) is 59.9 Å². The largest absolute Gasteiger partial charge is 0.409 e. The number of aromatic amines is 2. The van der Waals surface area contributed by atoms with Crippen molar-refractivity contribution in [1.29, 1.82) is 15.8 Å². The average Bonchev–Trinajstić information content (AvgIpc) is 1.66. The van der Waals surface area contributed by atoms with Crippen molar-refractivity contribution in [3.63, 3.8) is 0 Å². The van der Waals surface area contributed by atoms with E-state index in [0.29, 0.717) is 121 Å². The number of halogens is 1. The molecular formula is C99H94ClN19O17. The molecule has 1 unspecified atom stereocenters. The highest BCUT2D eigenvalue weighted by Crippen LogP contribution is 2.42. The zero-order chi connectivity index (χ0) is 94.5. The molecule has 9 aromatic carbocycles. The molecule has 4 aliphatic heterocycles. The van der Waals surface area contributed by atoms with Crippen LogP contribution in [0.4, 0.5) is 11.4 Å². The van der Waals surface area contributed by atoms with E-state index in [4.69, 9.17) is 101 Å². The first-order valence-electron chi connectivity index (χ1n) is 43.9. The zero-order valence-corrected chi connectivity index (χ0v) is 74.1. The normalized spacial score (nSPS) is 16.4. The van der Waals surface area contributed by atoms with Gasteiger partial charge >= 0.3 is 5.97 Å². The molecule has 1 atom stereocenters. The number of carbonyl (C=O) groups is 4. The predicted octanol–water partition coefficient (Wildman–Crippen LogP) is 16.7. The lowest BCUT2D eigenvalue weighted by Crippen LogP contribution is -2.15. The number of hydrogen-bond donors (Lipinski definition) is 7. The van der Waals surface area contributed by atoms with E-state index in [2.05, 4.69) is 78.1 Å². The Labute approximate surface area is 784 Å². The first kappa shape index (κ1) is 95.2. The van der Waals surface area contributed by atoms with Gasteiger partial charge in [0.25, 0.3) is 0 Å². The molecule has 23 rings (SSSR count). The molecule has 9 fully saturated rings. The van der Waals surface area contributed by atoms with Crippen LogP contribution in [0.5, 0.6) is 0 Å². The molecule has 136 heavy (non-hydrogen) atoms. The molecule has 36 nitrogen and oxygen atoms in total. The summed E-state index contributed by atoms with van der Waals surface area (Å²) in [5.74, 6) is 5.65. The van der Waals surface area contributed by atoms with Crippen LogP contribution in [-0.4, -0.2) is 144 Å². The van der Waals surface area contributed by atoms with Gasteiger partial charge in [0.1, 0.15) is 18.6 Å². The average molecular weight is 1860 g/mol. The Morgan fingerprint density at radius 3 is 1.19 bits per heavy atom. The van der Waals surface area contributed by atoms with E-state index in [0.717, 1.165) is 172 Å². The summed E-state index contributed by atoms with van der Waals surface area (Å²) in [6.45, 7) is 5.04. The number of benzene rings is 9.